The highest BCUT2D eigenvalue weighted by atomic mass is 16.5. The van der Waals surface area contributed by atoms with Gasteiger partial charge in [0, 0.05) is 12.8 Å². The van der Waals surface area contributed by atoms with Gasteiger partial charge >= 0.3 is 5.97 Å². The molecule has 0 aromatic carbocycles. The Morgan fingerprint density at radius 3 is 0.816 bits per heavy atom. The average Bonchev–Trinajstić information content (AvgIpc) is 3.53. The Morgan fingerprint density at radius 2 is 0.540 bits per heavy atom. The number of hydrogen-bond acceptors (Lipinski definition) is 5. The maximum Gasteiger partial charge on any atom is 0.305 e. The van der Waals surface area contributed by atoms with Crippen molar-refractivity contribution in [3.63, 3.8) is 0 Å². The van der Waals surface area contributed by atoms with Crippen LogP contribution < -0.4 is 5.32 Å². The van der Waals surface area contributed by atoms with Crippen molar-refractivity contribution in [3.05, 3.63) is 12.2 Å². The van der Waals surface area contributed by atoms with Crippen LogP contribution in [0.1, 0.15) is 470 Å². The number of carbonyl (C=O) groups excluding carboxylic acids is 2. The summed E-state index contributed by atoms with van der Waals surface area (Å²) < 4.78 is 5.52. The van der Waals surface area contributed by atoms with E-state index in [0.29, 0.717) is 25.9 Å². The molecule has 0 aromatic rings. The van der Waals surface area contributed by atoms with Crippen LogP contribution in [0.4, 0.5) is 0 Å². The molecule has 0 heterocycles. The second-order valence-corrected chi connectivity index (χ2v) is 28.1. The molecule has 87 heavy (non-hydrogen) atoms. The van der Waals surface area contributed by atoms with Gasteiger partial charge in [-0.25, -0.2) is 0 Å². The largest absolute Gasteiger partial charge is 0.466 e. The number of aliphatic hydroxyl groups is 2. The molecular formula is C81H159NO5. The molecule has 0 radical (unpaired) electrons. The van der Waals surface area contributed by atoms with Crippen LogP contribution in [0, 0.1) is 0 Å². The van der Waals surface area contributed by atoms with Gasteiger partial charge in [0.15, 0.2) is 0 Å². The molecule has 518 valence electrons. The van der Waals surface area contributed by atoms with Gasteiger partial charge < -0.3 is 20.3 Å². The number of ether oxygens (including phenoxy) is 1. The van der Waals surface area contributed by atoms with Gasteiger partial charge in [0.05, 0.1) is 25.4 Å². The van der Waals surface area contributed by atoms with Gasteiger partial charge in [-0.2, -0.15) is 0 Å². The number of rotatable bonds is 77. The quantitative estimate of drug-likeness (QED) is 0.0320. The maximum absolute atomic E-state index is 12.6. The lowest BCUT2D eigenvalue weighted by atomic mass is 10.0. The maximum atomic E-state index is 12.6. The van der Waals surface area contributed by atoms with Crippen LogP contribution in [-0.4, -0.2) is 47.4 Å². The van der Waals surface area contributed by atoms with Crippen LogP contribution in [0.15, 0.2) is 12.2 Å². The molecule has 6 nitrogen and oxygen atoms in total. The van der Waals surface area contributed by atoms with Crippen LogP contribution in [0.2, 0.25) is 0 Å². The molecular weight excluding hydrogens is 1070 g/mol. The van der Waals surface area contributed by atoms with Crippen molar-refractivity contribution in [1.82, 2.24) is 5.32 Å². The smallest absolute Gasteiger partial charge is 0.305 e. The first kappa shape index (κ1) is 85.6. The average molecular weight is 1230 g/mol. The minimum absolute atomic E-state index is 0.0211. The minimum atomic E-state index is -0.662. The Labute approximate surface area is 546 Å². The Hall–Kier alpha value is -1.40. The monoisotopic (exact) mass is 1230 g/mol. The van der Waals surface area contributed by atoms with Crippen molar-refractivity contribution in [3.8, 4) is 0 Å². The highest BCUT2D eigenvalue weighted by Gasteiger charge is 2.20. The van der Waals surface area contributed by atoms with Crippen molar-refractivity contribution < 1.29 is 24.5 Å². The van der Waals surface area contributed by atoms with E-state index in [-0.39, 0.29) is 18.5 Å². The van der Waals surface area contributed by atoms with Gasteiger partial charge in [-0.15, -0.1) is 0 Å². The number of amides is 1. The third-order valence-electron chi connectivity index (χ3n) is 19.3. The molecule has 0 rings (SSSR count). The SMILES string of the molecule is CCCCCCCC/C=C\CCCCCCCCCCCC(=O)OCCCCCCCCCCCCCCCCCCCCCCCCCCCCCCCCC(=O)NC(CO)C(O)CCCCCCCCCCCCCCCCCCCCCCC. The van der Waals surface area contributed by atoms with Crippen LogP contribution >= 0.6 is 0 Å². The van der Waals surface area contributed by atoms with Gasteiger partial charge in [-0.1, -0.05) is 418 Å². The van der Waals surface area contributed by atoms with Crippen molar-refractivity contribution in [1.29, 1.82) is 0 Å². The summed E-state index contributed by atoms with van der Waals surface area (Å²) in [6, 6.07) is -0.539. The number of carbonyl (C=O) groups is 2. The van der Waals surface area contributed by atoms with E-state index in [9.17, 15) is 19.8 Å². The molecule has 3 N–H and O–H groups in total. The molecule has 6 heteroatoms. The third-order valence-corrected chi connectivity index (χ3v) is 19.3. The van der Waals surface area contributed by atoms with Gasteiger partial charge in [-0.3, -0.25) is 9.59 Å². The molecule has 0 aliphatic heterocycles. The Balaban J connectivity index is 3.32. The summed E-state index contributed by atoms with van der Waals surface area (Å²) >= 11 is 0. The first-order valence-corrected chi connectivity index (χ1v) is 40.4. The third kappa shape index (κ3) is 73.5. The van der Waals surface area contributed by atoms with Crippen LogP contribution in [0.3, 0.4) is 0 Å². The Kier molecular flexibility index (Phi) is 75.8. The van der Waals surface area contributed by atoms with Crippen molar-refractivity contribution >= 4 is 11.9 Å². The van der Waals surface area contributed by atoms with E-state index in [2.05, 4.69) is 31.3 Å². The Bertz CT molecular complexity index is 1320. The zero-order valence-electron chi connectivity index (χ0n) is 59.5. The summed E-state index contributed by atoms with van der Waals surface area (Å²) in [5.41, 5.74) is 0. The van der Waals surface area contributed by atoms with Gasteiger partial charge in [0.2, 0.25) is 5.91 Å². The minimum Gasteiger partial charge on any atom is -0.466 e. The molecule has 0 saturated carbocycles. The first-order chi connectivity index (χ1) is 43.0. The van der Waals surface area contributed by atoms with E-state index in [1.807, 2.05) is 0 Å². The summed E-state index contributed by atoms with van der Waals surface area (Å²) in [6.07, 6.45) is 97.4. The normalized spacial score (nSPS) is 12.5. The number of aliphatic hydroxyl groups excluding tert-OH is 2. The first-order valence-electron chi connectivity index (χ1n) is 40.4. The van der Waals surface area contributed by atoms with E-state index in [1.54, 1.807) is 0 Å². The predicted octanol–water partition coefficient (Wildman–Crippen LogP) is 26.7. The molecule has 0 spiro atoms. The zero-order chi connectivity index (χ0) is 62.8. The number of hydrogen-bond donors (Lipinski definition) is 3. The number of allylic oxidation sites excluding steroid dienone is 2. The fraction of sp³-hybridized carbons (Fsp3) is 0.951. The molecule has 1 amide bonds. The van der Waals surface area contributed by atoms with Crippen molar-refractivity contribution in [2.45, 2.75) is 482 Å². The summed E-state index contributed by atoms with van der Waals surface area (Å²) in [6.45, 7) is 5.01. The van der Waals surface area contributed by atoms with E-state index < -0.39 is 12.1 Å². The van der Waals surface area contributed by atoms with Crippen LogP contribution in [0.5, 0.6) is 0 Å². The van der Waals surface area contributed by atoms with Gasteiger partial charge in [-0.05, 0) is 51.4 Å². The van der Waals surface area contributed by atoms with E-state index in [0.717, 1.165) is 38.5 Å². The summed E-state index contributed by atoms with van der Waals surface area (Å²) in [5, 5.41) is 23.5. The highest BCUT2D eigenvalue weighted by Crippen LogP contribution is 2.20. The van der Waals surface area contributed by atoms with E-state index in [1.165, 1.54) is 398 Å². The lowest BCUT2D eigenvalue weighted by Gasteiger charge is -2.22. The number of unbranched alkanes of at least 4 members (excludes halogenated alkanes) is 64. The van der Waals surface area contributed by atoms with Crippen LogP contribution in [-0.2, 0) is 14.3 Å². The van der Waals surface area contributed by atoms with Crippen LogP contribution in [0.25, 0.3) is 0 Å². The van der Waals surface area contributed by atoms with Crippen molar-refractivity contribution in [2.24, 2.45) is 0 Å². The second kappa shape index (κ2) is 77.1. The Morgan fingerprint density at radius 1 is 0.310 bits per heavy atom. The molecule has 0 saturated heterocycles. The summed E-state index contributed by atoms with van der Waals surface area (Å²) in [4.78, 5) is 24.7. The van der Waals surface area contributed by atoms with E-state index >= 15 is 0 Å². The molecule has 0 fully saturated rings. The van der Waals surface area contributed by atoms with Gasteiger partial charge in [0.1, 0.15) is 0 Å². The second-order valence-electron chi connectivity index (χ2n) is 28.1. The standard InChI is InChI=1S/C81H159NO5/c1-3-5-7-9-11-13-15-17-19-21-23-34-38-41-45-49-53-57-61-65-69-73-79(84)78(77-83)82-80(85)74-70-66-62-58-54-50-46-42-39-35-32-30-28-26-24-25-27-29-31-33-36-40-44-48-52-56-60-64-68-72-76-87-81(86)75-71-67-63-59-55-51-47-43-37-22-20-18-16-14-12-10-8-6-4-2/h18,20,78-79,83-84H,3-17,19,21-77H2,1-2H3,(H,82,85)/b20-18-. The lowest BCUT2D eigenvalue weighted by Crippen LogP contribution is -2.45. The van der Waals surface area contributed by atoms with Gasteiger partial charge in [0.25, 0.3) is 0 Å². The molecule has 2 unspecified atom stereocenters. The van der Waals surface area contributed by atoms with Crippen molar-refractivity contribution in [2.75, 3.05) is 13.2 Å². The molecule has 2 atom stereocenters. The number of nitrogens with one attached hydrogen (secondary N) is 1. The predicted molar refractivity (Wildman–Crippen MR) is 384 cm³/mol. The highest BCUT2D eigenvalue weighted by molar-refractivity contribution is 5.76. The fourth-order valence-corrected chi connectivity index (χ4v) is 13.2. The van der Waals surface area contributed by atoms with E-state index in [4.69, 9.17) is 4.74 Å². The molecule has 0 aromatic heterocycles. The number of esters is 1. The zero-order valence-corrected chi connectivity index (χ0v) is 59.5. The lowest BCUT2D eigenvalue weighted by molar-refractivity contribution is -0.143. The topological polar surface area (TPSA) is 95.9 Å². The summed E-state index contributed by atoms with van der Waals surface area (Å²) in [5.74, 6) is -0.00413. The molecule has 0 aliphatic rings. The summed E-state index contributed by atoms with van der Waals surface area (Å²) in [7, 11) is 0. The fourth-order valence-electron chi connectivity index (χ4n) is 13.2. The molecule has 0 aliphatic carbocycles. The molecule has 0 bridgehead atoms.